The first-order valence-electron chi connectivity index (χ1n) is 11.7. The zero-order valence-electron chi connectivity index (χ0n) is 20.0. The lowest BCUT2D eigenvalue weighted by Crippen LogP contribution is -2.43. The normalized spacial score (nSPS) is 14.3. The summed E-state index contributed by atoms with van der Waals surface area (Å²) in [7, 11) is 0. The van der Waals surface area contributed by atoms with Gasteiger partial charge in [-0.2, -0.15) is 0 Å². The van der Waals surface area contributed by atoms with E-state index in [4.69, 9.17) is 14.2 Å². The van der Waals surface area contributed by atoms with Gasteiger partial charge in [0.05, 0.1) is 32.2 Å². The Kier molecular flexibility index (Phi) is 7.99. The summed E-state index contributed by atoms with van der Waals surface area (Å²) in [5, 5.41) is 3.02. The molecule has 1 unspecified atom stereocenters. The zero-order valence-corrected chi connectivity index (χ0v) is 20.0. The Hall–Kier alpha value is -3.85. The van der Waals surface area contributed by atoms with E-state index >= 15 is 0 Å². The maximum Gasteiger partial charge on any atom is 0.260 e. The summed E-state index contributed by atoms with van der Waals surface area (Å²) in [6, 6.07) is 12.7. The molecule has 4 rings (SSSR count). The highest BCUT2D eigenvalue weighted by atomic mass is 16.5. The Morgan fingerprint density at radius 1 is 1.09 bits per heavy atom. The van der Waals surface area contributed by atoms with Gasteiger partial charge in [0.25, 0.3) is 11.8 Å². The summed E-state index contributed by atoms with van der Waals surface area (Å²) in [6.07, 6.45) is 5.34. The molecule has 0 saturated carbocycles. The lowest BCUT2D eigenvalue weighted by atomic mass is 10.1. The van der Waals surface area contributed by atoms with Gasteiger partial charge in [-0.05, 0) is 49.7 Å². The van der Waals surface area contributed by atoms with E-state index in [1.165, 1.54) is 0 Å². The standard InChI is InChI=1S/C26H30N4O5/c1-3-34-24-16-21(6-9-23(24)35-17-25(31)29-12-14-33-15-13-29)26(32)28-19(2)20-4-7-22(8-5-20)30-11-10-27-18-30/h4-11,16,18-19H,3,12-15,17H2,1-2H3,(H,28,32). The highest BCUT2D eigenvalue weighted by Gasteiger charge is 2.19. The fourth-order valence-electron chi connectivity index (χ4n) is 3.79. The van der Waals surface area contributed by atoms with Gasteiger partial charge in [-0.3, -0.25) is 9.59 Å². The Morgan fingerprint density at radius 2 is 1.86 bits per heavy atom. The van der Waals surface area contributed by atoms with Crippen LogP contribution in [0.1, 0.15) is 35.8 Å². The molecule has 1 aromatic heterocycles. The number of carbonyl (C=O) groups excluding carboxylic acids is 2. The van der Waals surface area contributed by atoms with Gasteiger partial charge in [0.1, 0.15) is 0 Å². The average Bonchev–Trinajstić information content (AvgIpc) is 3.43. The molecular formula is C26H30N4O5. The Balaban J connectivity index is 1.38. The molecule has 2 amide bonds. The van der Waals surface area contributed by atoms with Gasteiger partial charge in [-0.25, -0.2) is 4.98 Å². The number of nitrogens with zero attached hydrogens (tertiary/aromatic N) is 3. The van der Waals surface area contributed by atoms with Crippen LogP contribution < -0.4 is 14.8 Å². The summed E-state index contributed by atoms with van der Waals surface area (Å²) >= 11 is 0. The van der Waals surface area contributed by atoms with Crippen molar-refractivity contribution in [2.75, 3.05) is 39.5 Å². The van der Waals surface area contributed by atoms with Crippen LogP contribution in [0.5, 0.6) is 11.5 Å². The first-order valence-corrected chi connectivity index (χ1v) is 11.7. The summed E-state index contributed by atoms with van der Waals surface area (Å²) in [6.45, 7) is 6.28. The summed E-state index contributed by atoms with van der Waals surface area (Å²) in [5.41, 5.74) is 2.42. The molecule has 1 N–H and O–H groups in total. The maximum atomic E-state index is 12.9. The predicted molar refractivity (Wildman–Crippen MR) is 130 cm³/mol. The van der Waals surface area contributed by atoms with Crippen LogP contribution in [0.15, 0.2) is 61.2 Å². The van der Waals surface area contributed by atoms with Gasteiger partial charge in [0.2, 0.25) is 0 Å². The van der Waals surface area contributed by atoms with Gasteiger partial charge >= 0.3 is 0 Å². The highest BCUT2D eigenvalue weighted by Crippen LogP contribution is 2.29. The van der Waals surface area contributed by atoms with Crippen LogP contribution in [0.2, 0.25) is 0 Å². The second kappa shape index (κ2) is 11.5. The van der Waals surface area contributed by atoms with E-state index in [1.807, 2.05) is 48.9 Å². The zero-order chi connectivity index (χ0) is 24.6. The topological polar surface area (TPSA) is 94.9 Å². The number of amides is 2. The van der Waals surface area contributed by atoms with Crippen LogP contribution in [0.25, 0.3) is 5.69 Å². The van der Waals surface area contributed by atoms with Crippen LogP contribution in [0.3, 0.4) is 0 Å². The summed E-state index contributed by atoms with van der Waals surface area (Å²) in [4.78, 5) is 31.1. The Labute approximate surface area is 204 Å². The molecule has 1 atom stereocenters. The van der Waals surface area contributed by atoms with Gasteiger partial charge < -0.3 is 29.0 Å². The fourth-order valence-corrected chi connectivity index (χ4v) is 3.79. The SMILES string of the molecule is CCOc1cc(C(=O)NC(C)c2ccc(-n3ccnc3)cc2)ccc1OCC(=O)N1CCOCC1. The maximum absolute atomic E-state index is 12.9. The summed E-state index contributed by atoms with van der Waals surface area (Å²) in [5.74, 6) is 0.513. The van der Waals surface area contributed by atoms with Crippen LogP contribution in [-0.2, 0) is 9.53 Å². The molecular weight excluding hydrogens is 448 g/mol. The van der Waals surface area contributed by atoms with Crippen molar-refractivity contribution in [1.82, 2.24) is 19.8 Å². The number of hydrogen-bond acceptors (Lipinski definition) is 6. The number of nitrogens with one attached hydrogen (secondary N) is 1. The molecule has 1 fully saturated rings. The number of carbonyl (C=O) groups is 2. The van der Waals surface area contributed by atoms with Gasteiger partial charge in [0.15, 0.2) is 18.1 Å². The molecule has 0 spiro atoms. The van der Waals surface area contributed by atoms with E-state index in [0.717, 1.165) is 11.3 Å². The van der Waals surface area contributed by atoms with Crippen LogP contribution >= 0.6 is 0 Å². The minimum absolute atomic E-state index is 0.0995. The number of imidazole rings is 1. The van der Waals surface area contributed by atoms with Gasteiger partial charge in [-0.1, -0.05) is 12.1 Å². The second-order valence-corrected chi connectivity index (χ2v) is 8.13. The lowest BCUT2D eigenvalue weighted by Gasteiger charge is -2.26. The van der Waals surface area contributed by atoms with Crippen molar-refractivity contribution in [2.45, 2.75) is 19.9 Å². The number of benzene rings is 2. The number of morpholine rings is 1. The van der Waals surface area contributed by atoms with Crippen molar-refractivity contribution in [3.8, 4) is 17.2 Å². The highest BCUT2D eigenvalue weighted by molar-refractivity contribution is 5.95. The van der Waals surface area contributed by atoms with Crippen molar-refractivity contribution < 1.29 is 23.8 Å². The molecule has 2 aromatic carbocycles. The third kappa shape index (κ3) is 6.19. The smallest absolute Gasteiger partial charge is 0.260 e. The molecule has 3 aromatic rings. The second-order valence-electron chi connectivity index (χ2n) is 8.13. The molecule has 0 aliphatic carbocycles. The minimum Gasteiger partial charge on any atom is -0.490 e. The summed E-state index contributed by atoms with van der Waals surface area (Å²) < 4.78 is 18.6. The monoisotopic (exact) mass is 478 g/mol. The Bertz CT molecular complexity index is 1130. The number of rotatable bonds is 9. The largest absolute Gasteiger partial charge is 0.490 e. The van der Waals surface area contributed by atoms with Gasteiger partial charge in [-0.15, -0.1) is 0 Å². The fraction of sp³-hybridized carbons (Fsp3) is 0.346. The Morgan fingerprint density at radius 3 is 2.54 bits per heavy atom. The van der Waals surface area contributed by atoms with Crippen molar-refractivity contribution in [3.05, 3.63) is 72.3 Å². The van der Waals surface area contributed by atoms with Crippen molar-refractivity contribution >= 4 is 11.8 Å². The minimum atomic E-state index is -0.229. The molecule has 0 radical (unpaired) electrons. The molecule has 1 saturated heterocycles. The van der Waals surface area contributed by atoms with Crippen LogP contribution in [-0.4, -0.2) is 65.8 Å². The molecule has 2 heterocycles. The number of ether oxygens (including phenoxy) is 3. The quantitative estimate of drug-likeness (QED) is 0.508. The van der Waals surface area contributed by atoms with Crippen LogP contribution in [0, 0.1) is 0 Å². The third-order valence-corrected chi connectivity index (χ3v) is 5.76. The first-order chi connectivity index (χ1) is 17.0. The third-order valence-electron chi connectivity index (χ3n) is 5.76. The average molecular weight is 479 g/mol. The van der Waals surface area contributed by atoms with Crippen molar-refractivity contribution in [1.29, 1.82) is 0 Å². The van der Waals surface area contributed by atoms with E-state index in [1.54, 1.807) is 35.6 Å². The van der Waals surface area contributed by atoms with Gasteiger partial charge in [0, 0.05) is 36.7 Å². The predicted octanol–water partition coefficient (Wildman–Crippen LogP) is 3.00. The van der Waals surface area contributed by atoms with E-state index in [-0.39, 0.29) is 24.5 Å². The lowest BCUT2D eigenvalue weighted by molar-refractivity contribution is -0.137. The number of aromatic nitrogens is 2. The first kappa shape index (κ1) is 24.3. The van der Waals surface area contributed by atoms with E-state index in [2.05, 4.69) is 10.3 Å². The molecule has 1 aliphatic rings. The molecule has 9 nitrogen and oxygen atoms in total. The molecule has 9 heteroatoms. The van der Waals surface area contributed by atoms with E-state index in [9.17, 15) is 9.59 Å². The van der Waals surface area contributed by atoms with E-state index < -0.39 is 0 Å². The molecule has 184 valence electrons. The van der Waals surface area contributed by atoms with Crippen molar-refractivity contribution in [3.63, 3.8) is 0 Å². The van der Waals surface area contributed by atoms with Crippen LogP contribution in [0.4, 0.5) is 0 Å². The number of hydrogen-bond donors (Lipinski definition) is 1. The van der Waals surface area contributed by atoms with Crippen molar-refractivity contribution in [2.24, 2.45) is 0 Å². The molecule has 0 bridgehead atoms. The molecule has 1 aliphatic heterocycles. The van der Waals surface area contributed by atoms with E-state index in [0.29, 0.717) is 50.0 Å². The molecule has 35 heavy (non-hydrogen) atoms.